The molecule has 0 aromatic rings. The highest BCUT2D eigenvalue weighted by Gasteiger charge is 2.22. The summed E-state index contributed by atoms with van der Waals surface area (Å²) in [7, 11) is 0. The molecule has 1 aliphatic heterocycles. The molecule has 1 fully saturated rings. The van der Waals surface area contributed by atoms with E-state index in [4.69, 9.17) is 0 Å². The van der Waals surface area contributed by atoms with Gasteiger partial charge in [-0.05, 0) is 32.4 Å². The molecule has 124 valence electrons. The van der Waals surface area contributed by atoms with Crippen molar-refractivity contribution >= 4 is 5.96 Å². The number of nitrogens with zero attached hydrogens (tertiary/aromatic N) is 1. The molecular weight excluding hydrogens is 264 g/mol. The van der Waals surface area contributed by atoms with E-state index in [0.29, 0.717) is 0 Å². The quantitative estimate of drug-likeness (QED) is 0.372. The Bertz CT molecular complexity index is 261. The first kappa shape index (κ1) is 18.2. The largest absolute Gasteiger partial charge is 0.328 e. The Kier molecular flexibility index (Phi) is 10.2. The molecule has 1 saturated heterocycles. The van der Waals surface area contributed by atoms with Crippen LogP contribution in [0.15, 0.2) is 4.99 Å². The molecule has 0 amide bonds. The van der Waals surface area contributed by atoms with Crippen LogP contribution >= 0.6 is 0 Å². The van der Waals surface area contributed by atoms with Crippen molar-refractivity contribution in [3.8, 4) is 0 Å². The van der Waals surface area contributed by atoms with E-state index >= 15 is 0 Å². The number of rotatable bonds is 11. The van der Waals surface area contributed by atoms with Crippen LogP contribution in [0.4, 0.5) is 0 Å². The lowest BCUT2D eigenvalue weighted by molar-refractivity contribution is 0.269. The van der Waals surface area contributed by atoms with E-state index in [1.165, 1.54) is 32.1 Å². The van der Waals surface area contributed by atoms with Gasteiger partial charge in [-0.25, -0.2) is 0 Å². The molecule has 6 nitrogen and oxygen atoms in total. The third-order valence-corrected chi connectivity index (χ3v) is 3.43. The van der Waals surface area contributed by atoms with Gasteiger partial charge in [-0.15, -0.1) is 0 Å². The van der Waals surface area contributed by atoms with Gasteiger partial charge < -0.3 is 10.6 Å². The van der Waals surface area contributed by atoms with Crippen molar-refractivity contribution in [3.05, 3.63) is 0 Å². The van der Waals surface area contributed by atoms with Crippen LogP contribution in [0.3, 0.4) is 0 Å². The second-order valence-corrected chi connectivity index (χ2v) is 5.52. The summed E-state index contributed by atoms with van der Waals surface area (Å²) in [5.74, 6) is 0.880. The molecule has 2 atom stereocenters. The number of guanidine groups is 1. The summed E-state index contributed by atoms with van der Waals surface area (Å²) in [5, 5.41) is 17.2. The fraction of sp³-hybridized carbons (Fsp3) is 0.933. The molecule has 2 unspecified atom stereocenters. The number of hydrogen-bond donors (Lipinski definition) is 5. The van der Waals surface area contributed by atoms with Crippen LogP contribution in [-0.4, -0.2) is 38.2 Å². The molecule has 0 aromatic carbocycles. The van der Waals surface area contributed by atoms with Crippen LogP contribution in [0.1, 0.15) is 59.3 Å². The van der Waals surface area contributed by atoms with Crippen LogP contribution in [-0.2, 0) is 0 Å². The van der Waals surface area contributed by atoms with Gasteiger partial charge in [0.1, 0.15) is 12.6 Å². The number of unbranched alkanes of at least 4 members (excludes halogenated alkanes) is 3. The average Bonchev–Trinajstić information content (AvgIpc) is 2.48. The smallest absolute Gasteiger partial charge is 0.195 e. The summed E-state index contributed by atoms with van der Waals surface area (Å²) in [6, 6.07) is 0. The minimum absolute atomic E-state index is 0.0669. The Morgan fingerprint density at radius 2 is 1.38 bits per heavy atom. The molecule has 1 heterocycles. The minimum Gasteiger partial charge on any atom is -0.328 e. The molecular formula is C15H34N6. The number of nitrogens with one attached hydrogen (secondary N) is 5. The molecule has 0 saturated carbocycles. The zero-order valence-corrected chi connectivity index (χ0v) is 14.0. The second kappa shape index (κ2) is 11.8. The summed E-state index contributed by atoms with van der Waals surface area (Å²) in [5.41, 5.74) is 0. The lowest BCUT2D eigenvalue weighted by atomic mass is 10.3. The highest BCUT2D eigenvalue weighted by molar-refractivity contribution is 5.80. The van der Waals surface area contributed by atoms with Gasteiger partial charge in [-0.3, -0.25) is 20.9 Å². The normalized spacial score (nSPS) is 21.8. The first-order valence-electron chi connectivity index (χ1n) is 8.60. The topological polar surface area (TPSA) is 72.5 Å². The van der Waals surface area contributed by atoms with E-state index in [0.717, 1.165) is 32.0 Å². The van der Waals surface area contributed by atoms with Crippen molar-refractivity contribution in [2.45, 2.75) is 71.9 Å². The molecule has 1 rings (SSSR count). The Morgan fingerprint density at radius 3 is 1.86 bits per heavy atom. The molecule has 0 radical (unpaired) electrons. The fourth-order valence-corrected chi connectivity index (χ4v) is 2.07. The Balaban J connectivity index is 2.45. The molecule has 1 aliphatic rings. The van der Waals surface area contributed by atoms with E-state index in [1.807, 2.05) is 0 Å². The summed E-state index contributed by atoms with van der Waals surface area (Å²) in [4.78, 5) is 4.60. The summed E-state index contributed by atoms with van der Waals surface area (Å²) < 4.78 is 0. The van der Waals surface area contributed by atoms with Gasteiger partial charge in [0.05, 0.1) is 0 Å². The van der Waals surface area contributed by atoms with Crippen LogP contribution in [0, 0.1) is 0 Å². The zero-order chi connectivity index (χ0) is 15.3. The standard InChI is InChI=1S/C15H34N6/c1-4-7-10-16-13-19-14(17-11-8-5-2)21-15(20-13)18-12-9-6-3/h13-14,16-17,19H,4-12H2,1-3H3,(H2,18,20,21). The Hall–Kier alpha value is -0.850. The van der Waals surface area contributed by atoms with Crippen molar-refractivity contribution in [2.75, 3.05) is 19.6 Å². The third kappa shape index (κ3) is 8.24. The fourth-order valence-electron chi connectivity index (χ4n) is 2.07. The van der Waals surface area contributed by atoms with Gasteiger partial charge in [-0.1, -0.05) is 40.0 Å². The zero-order valence-electron chi connectivity index (χ0n) is 14.0. The van der Waals surface area contributed by atoms with Crippen LogP contribution in [0.5, 0.6) is 0 Å². The maximum atomic E-state index is 4.60. The Morgan fingerprint density at radius 1 is 0.857 bits per heavy atom. The highest BCUT2D eigenvalue weighted by atomic mass is 15.5. The summed E-state index contributed by atoms with van der Waals surface area (Å²) in [6.45, 7) is 9.48. The molecule has 0 aromatic heterocycles. The SMILES string of the molecule is CCCCN=C1NC(NCCCC)NC(NCCCC)N1. The highest BCUT2D eigenvalue weighted by Crippen LogP contribution is 1.93. The number of aliphatic imine (C=N–C) groups is 1. The van der Waals surface area contributed by atoms with E-state index in [9.17, 15) is 0 Å². The van der Waals surface area contributed by atoms with E-state index in [2.05, 4.69) is 52.3 Å². The Labute approximate surface area is 129 Å². The van der Waals surface area contributed by atoms with Crippen LogP contribution in [0.25, 0.3) is 0 Å². The van der Waals surface area contributed by atoms with E-state index in [1.54, 1.807) is 0 Å². The van der Waals surface area contributed by atoms with E-state index in [-0.39, 0.29) is 12.6 Å². The van der Waals surface area contributed by atoms with Gasteiger partial charge in [0.2, 0.25) is 0 Å². The molecule has 21 heavy (non-hydrogen) atoms. The first-order valence-corrected chi connectivity index (χ1v) is 8.60. The van der Waals surface area contributed by atoms with Gasteiger partial charge >= 0.3 is 0 Å². The van der Waals surface area contributed by atoms with Crippen LogP contribution < -0.4 is 26.6 Å². The van der Waals surface area contributed by atoms with Gasteiger partial charge in [0.25, 0.3) is 0 Å². The molecule has 0 bridgehead atoms. The van der Waals surface area contributed by atoms with Crippen molar-refractivity contribution in [1.29, 1.82) is 0 Å². The van der Waals surface area contributed by atoms with E-state index < -0.39 is 0 Å². The predicted molar refractivity (Wildman–Crippen MR) is 90.0 cm³/mol. The first-order chi connectivity index (χ1) is 10.3. The van der Waals surface area contributed by atoms with Gasteiger partial charge in [-0.2, -0.15) is 0 Å². The maximum Gasteiger partial charge on any atom is 0.195 e. The lowest BCUT2D eigenvalue weighted by Gasteiger charge is -2.36. The summed E-state index contributed by atoms with van der Waals surface area (Å²) >= 11 is 0. The van der Waals surface area contributed by atoms with Crippen molar-refractivity contribution in [3.63, 3.8) is 0 Å². The third-order valence-electron chi connectivity index (χ3n) is 3.43. The van der Waals surface area contributed by atoms with Crippen molar-refractivity contribution in [2.24, 2.45) is 4.99 Å². The van der Waals surface area contributed by atoms with Gasteiger partial charge in [0, 0.05) is 6.54 Å². The summed E-state index contributed by atoms with van der Waals surface area (Å²) in [6.07, 6.45) is 7.21. The average molecular weight is 298 g/mol. The predicted octanol–water partition coefficient (Wildman–Crippen LogP) is 1.27. The minimum atomic E-state index is 0.0669. The molecule has 0 aliphatic carbocycles. The van der Waals surface area contributed by atoms with Crippen LogP contribution in [0.2, 0.25) is 0 Å². The lowest BCUT2D eigenvalue weighted by Crippen LogP contribution is -2.73. The van der Waals surface area contributed by atoms with Crippen molar-refractivity contribution < 1.29 is 0 Å². The maximum absolute atomic E-state index is 4.60. The van der Waals surface area contributed by atoms with Gasteiger partial charge in [0.15, 0.2) is 5.96 Å². The number of hydrogen-bond acceptors (Lipinski definition) is 4. The monoisotopic (exact) mass is 298 g/mol. The van der Waals surface area contributed by atoms with Crippen molar-refractivity contribution in [1.82, 2.24) is 26.6 Å². The molecule has 6 heteroatoms. The second-order valence-electron chi connectivity index (χ2n) is 5.52. The molecule has 5 N–H and O–H groups in total. The molecule has 0 spiro atoms.